The minimum atomic E-state index is -0.200. The van der Waals surface area contributed by atoms with E-state index in [1.54, 1.807) is 19.2 Å². The third-order valence-corrected chi connectivity index (χ3v) is 3.94. The molecule has 0 aliphatic rings. The molecule has 3 nitrogen and oxygen atoms in total. The number of anilines is 1. The summed E-state index contributed by atoms with van der Waals surface area (Å²) in [5.41, 5.74) is 1.27. The Morgan fingerprint density at radius 3 is 2.64 bits per heavy atom. The minimum Gasteiger partial charge on any atom is -0.496 e. The second-order valence-corrected chi connectivity index (χ2v) is 5.74. The van der Waals surface area contributed by atoms with Crippen LogP contribution in [0.1, 0.15) is 10.4 Å². The zero-order valence-electron chi connectivity index (χ0n) is 12.0. The molecule has 4 heteroatoms. The standard InChI is InChI=1S/C18H14BrNO2/c1-22-17-10-9-13(19)11-15(17)18(21)20-16-8-4-6-12-5-2-3-7-14(12)16/h2-11H,1H3,(H,20,21). The Hall–Kier alpha value is -2.33. The number of nitrogens with one attached hydrogen (secondary N) is 1. The van der Waals surface area contributed by atoms with Crippen LogP contribution < -0.4 is 10.1 Å². The molecule has 22 heavy (non-hydrogen) atoms. The molecule has 0 unspecified atom stereocenters. The highest BCUT2D eigenvalue weighted by Gasteiger charge is 2.14. The summed E-state index contributed by atoms with van der Waals surface area (Å²) >= 11 is 3.38. The van der Waals surface area contributed by atoms with E-state index in [1.807, 2.05) is 48.5 Å². The van der Waals surface area contributed by atoms with Gasteiger partial charge in [0.15, 0.2) is 0 Å². The van der Waals surface area contributed by atoms with E-state index in [9.17, 15) is 4.79 Å². The van der Waals surface area contributed by atoms with Crippen LogP contribution in [0.3, 0.4) is 0 Å². The first-order valence-corrected chi connectivity index (χ1v) is 7.61. The van der Waals surface area contributed by atoms with Gasteiger partial charge < -0.3 is 10.1 Å². The molecule has 0 spiro atoms. The topological polar surface area (TPSA) is 38.3 Å². The predicted octanol–water partition coefficient (Wildman–Crippen LogP) is 4.86. The maximum atomic E-state index is 12.6. The van der Waals surface area contributed by atoms with Crippen molar-refractivity contribution in [1.82, 2.24) is 0 Å². The number of halogens is 1. The lowest BCUT2D eigenvalue weighted by Crippen LogP contribution is -2.13. The molecule has 0 aliphatic carbocycles. The van der Waals surface area contributed by atoms with Crippen molar-refractivity contribution in [2.24, 2.45) is 0 Å². The molecule has 0 saturated carbocycles. The number of carbonyl (C=O) groups excluding carboxylic acids is 1. The van der Waals surface area contributed by atoms with Crippen molar-refractivity contribution in [3.8, 4) is 5.75 Å². The van der Waals surface area contributed by atoms with Crippen LogP contribution in [0.25, 0.3) is 10.8 Å². The highest BCUT2D eigenvalue weighted by atomic mass is 79.9. The number of amides is 1. The molecular formula is C18H14BrNO2. The van der Waals surface area contributed by atoms with Gasteiger partial charge in [-0.15, -0.1) is 0 Å². The van der Waals surface area contributed by atoms with Gasteiger partial charge in [0.2, 0.25) is 0 Å². The first kappa shape index (κ1) is 14.6. The number of methoxy groups -OCH3 is 1. The first-order valence-electron chi connectivity index (χ1n) is 6.81. The van der Waals surface area contributed by atoms with Crippen LogP contribution in [0, 0.1) is 0 Å². The normalized spacial score (nSPS) is 10.5. The first-order chi connectivity index (χ1) is 10.7. The molecule has 1 N–H and O–H groups in total. The van der Waals surface area contributed by atoms with Crippen molar-refractivity contribution in [2.75, 3.05) is 12.4 Å². The van der Waals surface area contributed by atoms with E-state index in [-0.39, 0.29) is 5.91 Å². The monoisotopic (exact) mass is 355 g/mol. The van der Waals surface area contributed by atoms with Crippen molar-refractivity contribution in [3.05, 3.63) is 70.7 Å². The van der Waals surface area contributed by atoms with Crippen molar-refractivity contribution in [1.29, 1.82) is 0 Å². The van der Waals surface area contributed by atoms with Gasteiger partial charge in [-0.25, -0.2) is 0 Å². The quantitative estimate of drug-likeness (QED) is 0.728. The maximum absolute atomic E-state index is 12.6. The lowest BCUT2D eigenvalue weighted by atomic mass is 10.1. The molecule has 0 saturated heterocycles. The number of fused-ring (bicyclic) bond motifs is 1. The van der Waals surface area contributed by atoms with E-state index < -0.39 is 0 Å². The molecule has 0 heterocycles. The van der Waals surface area contributed by atoms with Crippen molar-refractivity contribution < 1.29 is 9.53 Å². The number of rotatable bonds is 3. The summed E-state index contributed by atoms with van der Waals surface area (Å²) in [6, 6.07) is 19.1. The molecule has 0 atom stereocenters. The molecule has 0 aromatic heterocycles. The Morgan fingerprint density at radius 1 is 1.05 bits per heavy atom. The Kier molecular flexibility index (Phi) is 4.11. The highest BCUT2D eigenvalue weighted by Crippen LogP contribution is 2.27. The van der Waals surface area contributed by atoms with Crippen LogP contribution in [0.4, 0.5) is 5.69 Å². The summed E-state index contributed by atoms with van der Waals surface area (Å²) in [6.45, 7) is 0. The van der Waals surface area contributed by atoms with Crippen LogP contribution >= 0.6 is 15.9 Å². The molecule has 0 bridgehead atoms. The third kappa shape index (κ3) is 2.83. The molecular weight excluding hydrogens is 342 g/mol. The molecule has 1 amide bonds. The maximum Gasteiger partial charge on any atom is 0.259 e. The van der Waals surface area contributed by atoms with E-state index in [4.69, 9.17) is 4.74 Å². The summed E-state index contributed by atoms with van der Waals surface area (Å²) in [5.74, 6) is 0.343. The average Bonchev–Trinajstić information content (AvgIpc) is 2.55. The Labute approximate surface area is 137 Å². The SMILES string of the molecule is COc1ccc(Br)cc1C(=O)Nc1cccc2ccccc12. The van der Waals surface area contributed by atoms with Crippen molar-refractivity contribution in [2.45, 2.75) is 0 Å². The van der Waals surface area contributed by atoms with Gasteiger partial charge in [-0.3, -0.25) is 4.79 Å². The fourth-order valence-electron chi connectivity index (χ4n) is 2.38. The summed E-state index contributed by atoms with van der Waals surface area (Å²) in [6.07, 6.45) is 0. The molecule has 0 radical (unpaired) electrons. The molecule has 3 aromatic rings. The van der Waals surface area contributed by atoms with E-state index in [0.29, 0.717) is 11.3 Å². The van der Waals surface area contributed by atoms with Crippen LogP contribution in [-0.4, -0.2) is 13.0 Å². The van der Waals surface area contributed by atoms with Crippen LogP contribution in [0.2, 0.25) is 0 Å². The number of hydrogen-bond acceptors (Lipinski definition) is 2. The second-order valence-electron chi connectivity index (χ2n) is 4.83. The third-order valence-electron chi connectivity index (χ3n) is 3.44. The van der Waals surface area contributed by atoms with Crippen molar-refractivity contribution in [3.63, 3.8) is 0 Å². The van der Waals surface area contributed by atoms with Gasteiger partial charge in [-0.1, -0.05) is 52.3 Å². The zero-order chi connectivity index (χ0) is 15.5. The van der Waals surface area contributed by atoms with Gasteiger partial charge >= 0.3 is 0 Å². The summed E-state index contributed by atoms with van der Waals surface area (Å²) < 4.78 is 6.09. The second kappa shape index (κ2) is 6.20. The van der Waals surface area contributed by atoms with Gasteiger partial charge in [0.25, 0.3) is 5.91 Å². The minimum absolute atomic E-state index is 0.200. The smallest absolute Gasteiger partial charge is 0.259 e. The average molecular weight is 356 g/mol. The molecule has 3 aromatic carbocycles. The van der Waals surface area contributed by atoms with Crippen LogP contribution in [0.5, 0.6) is 5.75 Å². The number of ether oxygens (including phenoxy) is 1. The van der Waals surface area contributed by atoms with Gasteiger partial charge in [0, 0.05) is 15.5 Å². The fraction of sp³-hybridized carbons (Fsp3) is 0.0556. The Morgan fingerprint density at radius 2 is 1.82 bits per heavy atom. The highest BCUT2D eigenvalue weighted by molar-refractivity contribution is 9.10. The molecule has 0 aliphatic heterocycles. The largest absolute Gasteiger partial charge is 0.496 e. The van der Waals surface area contributed by atoms with Crippen LogP contribution in [0.15, 0.2) is 65.1 Å². The van der Waals surface area contributed by atoms with E-state index in [0.717, 1.165) is 20.9 Å². The predicted molar refractivity (Wildman–Crippen MR) is 92.6 cm³/mol. The number of benzene rings is 3. The van der Waals surface area contributed by atoms with Crippen LogP contribution in [-0.2, 0) is 0 Å². The zero-order valence-corrected chi connectivity index (χ0v) is 13.6. The van der Waals surface area contributed by atoms with Gasteiger partial charge in [-0.05, 0) is 29.7 Å². The summed E-state index contributed by atoms with van der Waals surface area (Å²) in [7, 11) is 1.55. The number of carbonyl (C=O) groups is 1. The molecule has 3 rings (SSSR count). The van der Waals surface area contributed by atoms with Gasteiger partial charge in [0.05, 0.1) is 12.7 Å². The summed E-state index contributed by atoms with van der Waals surface area (Å²) in [5, 5.41) is 5.05. The van der Waals surface area contributed by atoms with E-state index in [1.165, 1.54) is 0 Å². The van der Waals surface area contributed by atoms with Gasteiger partial charge in [-0.2, -0.15) is 0 Å². The van der Waals surface area contributed by atoms with Gasteiger partial charge in [0.1, 0.15) is 5.75 Å². The summed E-state index contributed by atoms with van der Waals surface area (Å²) in [4.78, 5) is 12.6. The fourth-order valence-corrected chi connectivity index (χ4v) is 2.74. The Bertz CT molecular complexity index is 840. The van der Waals surface area contributed by atoms with E-state index in [2.05, 4.69) is 21.2 Å². The lowest BCUT2D eigenvalue weighted by molar-refractivity contribution is 0.102. The molecule has 110 valence electrons. The van der Waals surface area contributed by atoms with E-state index >= 15 is 0 Å². The number of hydrogen-bond donors (Lipinski definition) is 1. The molecule has 0 fully saturated rings. The lowest BCUT2D eigenvalue weighted by Gasteiger charge is -2.11. The Balaban J connectivity index is 1.99. The van der Waals surface area contributed by atoms with Crippen molar-refractivity contribution >= 4 is 38.3 Å².